The molecule has 1 atom stereocenters. The van der Waals surface area contributed by atoms with Gasteiger partial charge in [-0.15, -0.1) is 0 Å². The number of sulfonamides is 1. The van der Waals surface area contributed by atoms with Crippen LogP contribution in [0, 0.1) is 5.92 Å². The lowest BCUT2D eigenvalue weighted by molar-refractivity contribution is -0.123. The Morgan fingerprint density at radius 2 is 2.00 bits per heavy atom. The summed E-state index contributed by atoms with van der Waals surface area (Å²) in [6.07, 6.45) is 3.49. The molecule has 2 aliphatic heterocycles. The molecule has 1 aromatic carbocycles. The van der Waals surface area contributed by atoms with Crippen molar-refractivity contribution in [1.82, 2.24) is 4.31 Å². The van der Waals surface area contributed by atoms with E-state index in [4.69, 9.17) is 0 Å². The van der Waals surface area contributed by atoms with Gasteiger partial charge in [0.15, 0.2) is 0 Å². The van der Waals surface area contributed by atoms with Crippen LogP contribution < -0.4 is 4.90 Å². The summed E-state index contributed by atoms with van der Waals surface area (Å²) in [6, 6.07) is 8.03. The minimum atomic E-state index is -3.22. The maximum Gasteiger partial charge on any atom is 0.231 e. The van der Waals surface area contributed by atoms with Crippen LogP contribution in [0.3, 0.4) is 0 Å². The number of hydrogen-bond donors (Lipinski definition) is 0. The quantitative estimate of drug-likeness (QED) is 0.848. The zero-order chi connectivity index (χ0) is 16.4. The number of rotatable bonds is 3. The average Bonchev–Trinajstić information content (AvgIpc) is 2.60. The van der Waals surface area contributed by atoms with Gasteiger partial charge in [0.2, 0.25) is 15.9 Å². The lowest BCUT2D eigenvalue weighted by atomic mass is 9.95. The number of aryl methyl sites for hydroxylation is 1. The summed E-state index contributed by atoms with van der Waals surface area (Å²) >= 11 is 0. The van der Waals surface area contributed by atoms with Crippen LogP contribution >= 0.6 is 0 Å². The molecule has 2 heterocycles. The Morgan fingerprint density at radius 1 is 1.22 bits per heavy atom. The molecule has 5 nitrogen and oxygen atoms in total. The Hall–Kier alpha value is -1.40. The number of carbonyl (C=O) groups is 1. The van der Waals surface area contributed by atoms with Crippen LogP contribution in [0.15, 0.2) is 24.3 Å². The molecule has 0 saturated carbocycles. The van der Waals surface area contributed by atoms with Gasteiger partial charge in [-0.1, -0.05) is 18.2 Å². The van der Waals surface area contributed by atoms with Crippen molar-refractivity contribution in [3.05, 3.63) is 29.8 Å². The van der Waals surface area contributed by atoms with Gasteiger partial charge in [0.25, 0.3) is 0 Å². The number of benzene rings is 1. The number of amides is 1. The van der Waals surface area contributed by atoms with E-state index >= 15 is 0 Å². The highest BCUT2D eigenvalue weighted by Gasteiger charge is 2.35. The second-order valence-corrected chi connectivity index (χ2v) is 8.58. The topological polar surface area (TPSA) is 57.7 Å². The number of para-hydroxylation sites is 1. The first-order valence-electron chi connectivity index (χ1n) is 8.40. The van der Waals surface area contributed by atoms with Gasteiger partial charge in [-0.25, -0.2) is 12.7 Å². The van der Waals surface area contributed by atoms with Crippen LogP contribution in [0.4, 0.5) is 5.69 Å². The molecule has 0 unspecified atom stereocenters. The molecule has 1 saturated heterocycles. The molecule has 0 bridgehead atoms. The fraction of sp³-hybridized carbons (Fsp3) is 0.588. The highest BCUT2D eigenvalue weighted by atomic mass is 32.2. The number of hydrogen-bond acceptors (Lipinski definition) is 3. The maximum atomic E-state index is 13.0. The van der Waals surface area contributed by atoms with Gasteiger partial charge in [0.1, 0.15) is 0 Å². The van der Waals surface area contributed by atoms with E-state index in [-0.39, 0.29) is 17.6 Å². The molecular formula is C17H24N2O3S. The van der Waals surface area contributed by atoms with Crippen LogP contribution in [-0.2, 0) is 21.2 Å². The van der Waals surface area contributed by atoms with E-state index in [1.165, 1.54) is 9.87 Å². The minimum Gasteiger partial charge on any atom is -0.312 e. The first kappa shape index (κ1) is 16.5. The number of fused-ring (bicyclic) bond motifs is 1. The average molecular weight is 336 g/mol. The maximum absolute atomic E-state index is 13.0. The molecule has 3 rings (SSSR count). The summed E-state index contributed by atoms with van der Waals surface area (Å²) < 4.78 is 25.7. The highest BCUT2D eigenvalue weighted by molar-refractivity contribution is 7.89. The molecule has 1 fully saturated rings. The van der Waals surface area contributed by atoms with Crippen LogP contribution in [0.1, 0.15) is 31.7 Å². The Bertz CT molecular complexity index is 687. The molecule has 0 N–H and O–H groups in total. The predicted molar refractivity (Wildman–Crippen MR) is 90.9 cm³/mol. The van der Waals surface area contributed by atoms with Gasteiger partial charge in [0.05, 0.1) is 11.7 Å². The van der Waals surface area contributed by atoms with Crippen LogP contribution in [0.5, 0.6) is 0 Å². The lowest BCUT2D eigenvalue weighted by Crippen LogP contribution is -2.48. The summed E-state index contributed by atoms with van der Waals surface area (Å²) in [5.74, 6) is -0.0510. The van der Waals surface area contributed by atoms with E-state index in [9.17, 15) is 13.2 Å². The summed E-state index contributed by atoms with van der Waals surface area (Å²) in [4.78, 5) is 14.8. The number of carbonyl (C=O) groups excluding carboxylic acids is 1. The van der Waals surface area contributed by atoms with Gasteiger partial charge in [-0.3, -0.25) is 4.79 Å². The number of anilines is 1. The predicted octanol–water partition coefficient (Wildman–Crippen LogP) is 2.03. The third kappa shape index (κ3) is 3.28. The highest BCUT2D eigenvalue weighted by Crippen LogP contribution is 2.30. The second-order valence-electron chi connectivity index (χ2n) is 6.32. The van der Waals surface area contributed by atoms with Crippen molar-refractivity contribution in [2.45, 2.75) is 32.6 Å². The first-order chi connectivity index (χ1) is 11.0. The monoisotopic (exact) mass is 336 g/mol. The number of nitrogens with zero attached hydrogens (tertiary/aromatic N) is 2. The van der Waals surface area contributed by atoms with Crippen LogP contribution in [0.25, 0.3) is 0 Å². The van der Waals surface area contributed by atoms with Crippen molar-refractivity contribution in [1.29, 1.82) is 0 Å². The van der Waals surface area contributed by atoms with Crippen molar-refractivity contribution in [3.8, 4) is 0 Å². The smallest absolute Gasteiger partial charge is 0.231 e. The molecule has 1 amide bonds. The molecule has 1 aromatic rings. The van der Waals surface area contributed by atoms with Gasteiger partial charge in [0, 0.05) is 25.3 Å². The zero-order valence-corrected chi connectivity index (χ0v) is 14.4. The lowest BCUT2D eigenvalue weighted by Gasteiger charge is -2.36. The van der Waals surface area contributed by atoms with E-state index in [2.05, 4.69) is 6.07 Å². The molecule has 0 aromatic heterocycles. The Balaban J connectivity index is 1.79. The fourth-order valence-electron chi connectivity index (χ4n) is 3.56. The molecule has 23 heavy (non-hydrogen) atoms. The standard InChI is InChI=1S/C17H24N2O3S/c1-2-23(21,22)18-11-5-9-15(13-18)17(20)19-12-6-8-14-7-3-4-10-16(14)19/h3-4,7,10,15H,2,5-6,8-9,11-13H2,1H3/t15-/m1/s1. The van der Waals surface area contributed by atoms with Crippen molar-refractivity contribution < 1.29 is 13.2 Å². The van der Waals surface area contributed by atoms with E-state index in [1.54, 1.807) is 6.92 Å². The molecule has 6 heteroatoms. The van der Waals surface area contributed by atoms with E-state index in [1.807, 2.05) is 23.1 Å². The largest absolute Gasteiger partial charge is 0.312 e. The van der Waals surface area contributed by atoms with Crippen molar-refractivity contribution in [2.24, 2.45) is 5.92 Å². The summed E-state index contributed by atoms with van der Waals surface area (Å²) in [5.41, 5.74) is 2.21. The van der Waals surface area contributed by atoms with Gasteiger partial charge in [-0.2, -0.15) is 0 Å². The molecular weight excluding hydrogens is 312 g/mol. The Morgan fingerprint density at radius 3 is 2.78 bits per heavy atom. The van der Waals surface area contributed by atoms with Crippen LogP contribution in [0.2, 0.25) is 0 Å². The van der Waals surface area contributed by atoms with Gasteiger partial charge in [-0.05, 0) is 44.2 Å². The molecule has 2 aliphatic rings. The Kier molecular flexibility index (Phi) is 4.73. The fourth-order valence-corrected chi connectivity index (χ4v) is 4.74. The first-order valence-corrected chi connectivity index (χ1v) is 10.0. The molecule has 0 radical (unpaired) electrons. The third-order valence-electron chi connectivity index (χ3n) is 4.87. The second kappa shape index (κ2) is 6.61. The van der Waals surface area contributed by atoms with Crippen molar-refractivity contribution in [3.63, 3.8) is 0 Å². The Labute approximate surface area is 138 Å². The van der Waals surface area contributed by atoms with Crippen molar-refractivity contribution >= 4 is 21.6 Å². The molecule has 126 valence electrons. The van der Waals surface area contributed by atoms with E-state index in [0.717, 1.165) is 37.9 Å². The summed E-state index contributed by atoms with van der Waals surface area (Å²) in [7, 11) is -3.22. The van der Waals surface area contributed by atoms with Gasteiger partial charge < -0.3 is 4.90 Å². The van der Waals surface area contributed by atoms with Gasteiger partial charge >= 0.3 is 0 Å². The summed E-state index contributed by atoms with van der Waals surface area (Å²) in [5, 5.41) is 0. The number of piperidine rings is 1. The normalized spacial score (nSPS) is 22.7. The summed E-state index contributed by atoms with van der Waals surface area (Å²) in [6.45, 7) is 3.25. The zero-order valence-electron chi connectivity index (χ0n) is 13.6. The minimum absolute atomic E-state index is 0.0770. The van der Waals surface area contributed by atoms with E-state index in [0.29, 0.717) is 13.1 Å². The molecule has 0 spiro atoms. The SMILES string of the molecule is CCS(=O)(=O)N1CCC[C@@H](C(=O)N2CCCc3ccccc32)C1. The van der Waals surface area contributed by atoms with E-state index < -0.39 is 10.0 Å². The van der Waals surface area contributed by atoms with Crippen LogP contribution in [-0.4, -0.2) is 44.0 Å². The van der Waals surface area contributed by atoms with Crippen molar-refractivity contribution in [2.75, 3.05) is 30.3 Å². The molecule has 0 aliphatic carbocycles. The third-order valence-corrected chi connectivity index (χ3v) is 6.72.